The number of aryl methyl sites for hydroxylation is 1. The molecule has 0 aliphatic carbocycles. The van der Waals surface area contributed by atoms with Gasteiger partial charge in [0.25, 0.3) is 0 Å². The second-order valence-electron chi connectivity index (χ2n) is 2.80. The lowest BCUT2D eigenvalue weighted by Gasteiger charge is -1.99. The summed E-state index contributed by atoms with van der Waals surface area (Å²) in [7, 11) is 0. The summed E-state index contributed by atoms with van der Waals surface area (Å²) in [6, 6.07) is 1.96. The Morgan fingerprint density at radius 2 is 2.46 bits per heavy atom. The summed E-state index contributed by atoms with van der Waals surface area (Å²) in [4.78, 5) is 0. The Balaban J connectivity index is 2.06. The minimum Gasteiger partial charge on any atom is -0.361 e. The molecule has 3 nitrogen and oxygen atoms in total. The summed E-state index contributed by atoms with van der Waals surface area (Å²) in [6.45, 7) is 5.92. The second-order valence-corrected chi connectivity index (χ2v) is 4.20. The predicted octanol–water partition coefficient (Wildman–Crippen LogP) is 1.83. The van der Waals surface area contributed by atoms with E-state index in [0.29, 0.717) is 0 Å². The average Bonchev–Trinajstić information content (AvgIpc) is 2.51. The second kappa shape index (κ2) is 6.05. The zero-order chi connectivity index (χ0) is 9.52. The molecule has 0 bridgehead atoms. The van der Waals surface area contributed by atoms with E-state index in [1.165, 1.54) is 5.75 Å². The molecule has 4 heteroatoms. The van der Waals surface area contributed by atoms with E-state index in [9.17, 15) is 0 Å². The third kappa shape index (κ3) is 4.33. The van der Waals surface area contributed by atoms with Crippen molar-refractivity contribution in [2.45, 2.75) is 20.4 Å². The van der Waals surface area contributed by atoms with Crippen molar-refractivity contribution in [2.24, 2.45) is 0 Å². The van der Waals surface area contributed by atoms with E-state index in [1.807, 2.05) is 24.8 Å². The van der Waals surface area contributed by atoms with Gasteiger partial charge in [-0.1, -0.05) is 12.1 Å². The van der Waals surface area contributed by atoms with Crippen LogP contribution in [0.1, 0.15) is 18.4 Å². The molecule has 1 aromatic heterocycles. The van der Waals surface area contributed by atoms with E-state index < -0.39 is 0 Å². The number of thioether (sulfide) groups is 1. The number of hydrogen-bond acceptors (Lipinski definition) is 4. The molecule has 0 radical (unpaired) electrons. The van der Waals surface area contributed by atoms with Crippen LogP contribution in [0.15, 0.2) is 10.6 Å². The molecule has 0 aromatic carbocycles. The van der Waals surface area contributed by atoms with Crippen LogP contribution in [0.25, 0.3) is 0 Å². The standard InChI is InChI=1S/C9H16N2OS/c1-3-13-5-4-10-7-9-6-8(2)12-11-9/h6,10H,3-5,7H2,1-2H3. The van der Waals surface area contributed by atoms with Crippen molar-refractivity contribution in [1.82, 2.24) is 10.5 Å². The molecule has 0 unspecified atom stereocenters. The van der Waals surface area contributed by atoms with Crippen LogP contribution in [-0.4, -0.2) is 23.2 Å². The van der Waals surface area contributed by atoms with Gasteiger partial charge in [-0.05, 0) is 12.7 Å². The largest absolute Gasteiger partial charge is 0.361 e. The molecule has 0 fully saturated rings. The molecule has 13 heavy (non-hydrogen) atoms. The van der Waals surface area contributed by atoms with E-state index in [2.05, 4.69) is 17.4 Å². The van der Waals surface area contributed by atoms with Crippen molar-refractivity contribution in [3.05, 3.63) is 17.5 Å². The quantitative estimate of drug-likeness (QED) is 0.711. The highest BCUT2D eigenvalue weighted by molar-refractivity contribution is 7.99. The molecule has 1 rings (SSSR count). The van der Waals surface area contributed by atoms with Gasteiger partial charge in [0.1, 0.15) is 5.76 Å². The van der Waals surface area contributed by atoms with Gasteiger partial charge in [0.2, 0.25) is 0 Å². The normalized spacial score (nSPS) is 10.6. The third-order valence-corrected chi connectivity index (χ3v) is 2.51. The highest BCUT2D eigenvalue weighted by Gasteiger charge is 1.98. The molecule has 0 saturated carbocycles. The molecule has 1 aromatic rings. The van der Waals surface area contributed by atoms with E-state index in [1.54, 1.807) is 0 Å². The summed E-state index contributed by atoms with van der Waals surface area (Å²) >= 11 is 1.94. The summed E-state index contributed by atoms with van der Waals surface area (Å²) < 4.78 is 4.95. The molecule has 1 heterocycles. The first-order valence-corrected chi connectivity index (χ1v) is 5.69. The van der Waals surface area contributed by atoms with E-state index in [0.717, 1.165) is 30.3 Å². The fraction of sp³-hybridized carbons (Fsp3) is 0.667. The van der Waals surface area contributed by atoms with Crippen molar-refractivity contribution in [1.29, 1.82) is 0 Å². The smallest absolute Gasteiger partial charge is 0.133 e. The van der Waals surface area contributed by atoms with Gasteiger partial charge in [-0.3, -0.25) is 0 Å². The van der Waals surface area contributed by atoms with Crippen molar-refractivity contribution >= 4 is 11.8 Å². The Morgan fingerprint density at radius 3 is 3.08 bits per heavy atom. The highest BCUT2D eigenvalue weighted by Crippen LogP contribution is 2.01. The van der Waals surface area contributed by atoms with Crippen LogP contribution >= 0.6 is 11.8 Å². The van der Waals surface area contributed by atoms with E-state index in [-0.39, 0.29) is 0 Å². The van der Waals surface area contributed by atoms with Crippen molar-refractivity contribution in [2.75, 3.05) is 18.1 Å². The fourth-order valence-electron chi connectivity index (χ4n) is 1.01. The number of nitrogens with zero attached hydrogens (tertiary/aromatic N) is 1. The van der Waals surface area contributed by atoms with Gasteiger partial charge in [0.15, 0.2) is 0 Å². The zero-order valence-corrected chi connectivity index (χ0v) is 8.99. The van der Waals surface area contributed by atoms with Gasteiger partial charge in [0, 0.05) is 24.9 Å². The highest BCUT2D eigenvalue weighted by atomic mass is 32.2. The molecule has 0 saturated heterocycles. The minimum absolute atomic E-state index is 0.807. The number of hydrogen-bond donors (Lipinski definition) is 1. The number of nitrogens with one attached hydrogen (secondary N) is 1. The van der Waals surface area contributed by atoms with Crippen LogP contribution in [0.5, 0.6) is 0 Å². The van der Waals surface area contributed by atoms with Crippen LogP contribution in [-0.2, 0) is 6.54 Å². The summed E-state index contributed by atoms with van der Waals surface area (Å²) in [5.74, 6) is 3.22. The molecule has 74 valence electrons. The molecule has 0 aliphatic rings. The van der Waals surface area contributed by atoms with Crippen LogP contribution in [0, 0.1) is 6.92 Å². The van der Waals surface area contributed by atoms with Crippen LogP contribution in [0.3, 0.4) is 0 Å². The Morgan fingerprint density at radius 1 is 1.62 bits per heavy atom. The van der Waals surface area contributed by atoms with E-state index >= 15 is 0 Å². The predicted molar refractivity (Wildman–Crippen MR) is 55.9 cm³/mol. The van der Waals surface area contributed by atoms with Gasteiger partial charge >= 0.3 is 0 Å². The van der Waals surface area contributed by atoms with E-state index in [4.69, 9.17) is 4.52 Å². The molecule has 0 atom stereocenters. The van der Waals surface area contributed by atoms with Crippen molar-refractivity contribution in [3.63, 3.8) is 0 Å². The topological polar surface area (TPSA) is 38.1 Å². The fourth-order valence-corrected chi connectivity index (χ4v) is 1.58. The van der Waals surface area contributed by atoms with Gasteiger partial charge in [-0.15, -0.1) is 0 Å². The minimum atomic E-state index is 0.807. The van der Waals surface area contributed by atoms with Gasteiger partial charge in [-0.25, -0.2) is 0 Å². The molecule has 0 amide bonds. The Hall–Kier alpha value is -0.480. The lowest BCUT2D eigenvalue weighted by atomic mass is 10.4. The summed E-state index contributed by atoms with van der Waals surface area (Å²) in [6.07, 6.45) is 0. The first kappa shape index (κ1) is 10.6. The summed E-state index contributed by atoms with van der Waals surface area (Å²) in [5.41, 5.74) is 0.985. The van der Waals surface area contributed by atoms with Gasteiger partial charge in [0.05, 0.1) is 5.69 Å². The average molecular weight is 200 g/mol. The van der Waals surface area contributed by atoms with Gasteiger partial charge in [-0.2, -0.15) is 11.8 Å². The van der Waals surface area contributed by atoms with Crippen molar-refractivity contribution in [3.8, 4) is 0 Å². The lowest BCUT2D eigenvalue weighted by molar-refractivity contribution is 0.388. The van der Waals surface area contributed by atoms with Crippen LogP contribution < -0.4 is 5.32 Å². The van der Waals surface area contributed by atoms with Gasteiger partial charge < -0.3 is 9.84 Å². The van der Waals surface area contributed by atoms with Crippen LogP contribution in [0.2, 0.25) is 0 Å². The maximum absolute atomic E-state index is 4.95. The number of aromatic nitrogens is 1. The first-order valence-electron chi connectivity index (χ1n) is 4.53. The number of rotatable bonds is 6. The molecular weight excluding hydrogens is 184 g/mol. The zero-order valence-electron chi connectivity index (χ0n) is 8.17. The Kier molecular flexibility index (Phi) is 4.93. The molecule has 0 spiro atoms. The maximum Gasteiger partial charge on any atom is 0.133 e. The third-order valence-electron chi connectivity index (χ3n) is 1.61. The molecule has 0 aliphatic heterocycles. The van der Waals surface area contributed by atoms with Crippen LogP contribution in [0.4, 0.5) is 0 Å². The maximum atomic E-state index is 4.95. The first-order chi connectivity index (χ1) is 6.33. The molecule has 1 N–H and O–H groups in total. The SMILES string of the molecule is CCSCCNCc1cc(C)on1. The Bertz CT molecular complexity index is 237. The summed E-state index contributed by atoms with van der Waals surface area (Å²) in [5, 5.41) is 7.20. The van der Waals surface area contributed by atoms with Crippen molar-refractivity contribution < 1.29 is 4.52 Å². The molecular formula is C9H16N2OS. The lowest BCUT2D eigenvalue weighted by Crippen LogP contribution is -2.16. The Labute approximate surface area is 83.3 Å². The monoisotopic (exact) mass is 200 g/mol.